The Bertz CT molecular complexity index is 1430. The number of aryl methyl sites for hydroxylation is 2. The lowest BCUT2D eigenvalue weighted by atomic mass is 9.94. The van der Waals surface area contributed by atoms with Gasteiger partial charge in [-0.25, -0.2) is 8.42 Å². The van der Waals surface area contributed by atoms with Gasteiger partial charge in [0.1, 0.15) is 0 Å². The fourth-order valence-corrected chi connectivity index (χ4v) is 7.28. The van der Waals surface area contributed by atoms with Gasteiger partial charge in [0.25, 0.3) is 5.91 Å². The van der Waals surface area contributed by atoms with E-state index in [1.165, 1.54) is 23.6 Å². The first-order valence-electron chi connectivity index (χ1n) is 14.7. The number of aliphatic hydroxyl groups excluding tert-OH is 1. The molecule has 9 heteroatoms. The van der Waals surface area contributed by atoms with Crippen LogP contribution in [0.4, 0.5) is 5.69 Å². The van der Waals surface area contributed by atoms with Crippen molar-refractivity contribution in [3.63, 3.8) is 0 Å². The lowest BCUT2D eigenvalue weighted by Gasteiger charge is -2.28. The molecule has 2 heterocycles. The van der Waals surface area contributed by atoms with Crippen LogP contribution in [0.2, 0.25) is 0 Å². The van der Waals surface area contributed by atoms with Crippen LogP contribution in [0.3, 0.4) is 0 Å². The summed E-state index contributed by atoms with van der Waals surface area (Å²) in [5.41, 5.74) is 3.90. The van der Waals surface area contributed by atoms with Gasteiger partial charge in [0.15, 0.2) is 0 Å². The summed E-state index contributed by atoms with van der Waals surface area (Å²) in [5, 5.41) is 18.8. The van der Waals surface area contributed by atoms with E-state index in [0.29, 0.717) is 36.8 Å². The average Bonchev–Trinajstić information content (AvgIpc) is 3.28. The molecule has 2 atom stereocenters. The largest absolute Gasteiger partial charge is 0.390 e. The van der Waals surface area contributed by atoms with Crippen molar-refractivity contribution in [1.82, 2.24) is 15.2 Å². The van der Waals surface area contributed by atoms with Gasteiger partial charge < -0.3 is 20.3 Å². The molecular formula is C31H42N4O4S. The number of benzene rings is 2. The molecule has 40 heavy (non-hydrogen) atoms. The number of carbonyl (C=O) groups excluding carboxylic acids is 1. The topological polar surface area (TPSA) is 104 Å². The molecule has 2 aromatic carbocycles. The Hall–Kier alpha value is -2.88. The second-order valence-electron chi connectivity index (χ2n) is 11.4. The number of carbonyl (C=O) groups is 1. The normalized spacial score (nSPS) is 18.8. The highest BCUT2D eigenvalue weighted by molar-refractivity contribution is 7.92. The third-order valence-corrected chi connectivity index (χ3v) is 10.2. The maximum absolute atomic E-state index is 13.8. The van der Waals surface area contributed by atoms with Crippen LogP contribution in [0.5, 0.6) is 0 Å². The minimum Gasteiger partial charge on any atom is -0.390 e. The Morgan fingerprint density at radius 3 is 2.60 bits per heavy atom. The van der Waals surface area contributed by atoms with E-state index in [4.69, 9.17) is 0 Å². The Morgan fingerprint density at radius 2 is 1.88 bits per heavy atom. The lowest BCUT2D eigenvalue weighted by molar-refractivity contribution is 0.0821. The second-order valence-corrected chi connectivity index (χ2v) is 13.5. The smallest absolute Gasteiger partial charge is 0.251 e. The van der Waals surface area contributed by atoms with Crippen LogP contribution in [0.1, 0.15) is 66.9 Å². The molecule has 3 N–H and O–H groups in total. The number of amides is 1. The zero-order chi connectivity index (χ0) is 28.3. The predicted molar refractivity (Wildman–Crippen MR) is 160 cm³/mol. The summed E-state index contributed by atoms with van der Waals surface area (Å²) < 4.78 is 29.2. The molecule has 0 radical (unpaired) electrons. The monoisotopic (exact) mass is 566 g/mol. The van der Waals surface area contributed by atoms with Gasteiger partial charge >= 0.3 is 0 Å². The first kappa shape index (κ1) is 28.6. The Labute approximate surface area is 237 Å². The van der Waals surface area contributed by atoms with Gasteiger partial charge in [-0.05, 0) is 48.9 Å². The molecule has 1 amide bonds. The van der Waals surface area contributed by atoms with Crippen molar-refractivity contribution in [2.45, 2.75) is 83.0 Å². The van der Waals surface area contributed by atoms with Crippen molar-refractivity contribution >= 4 is 32.5 Å². The molecule has 216 valence electrons. The van der Waals surface area contributed by atoms with Crippen LogP contribution >= 0.6 is 0 Å². The van der Waals surface area contributed by atoms with Crippen molar-refractivity contribution in [3.05, 3.63) is 65.4 Å². The second kappa shape index (κ2) is 12.3. The van der Waals surface area contributed by atoms with Gasteiger partial charge in [0, 0.05) is 43.3 Å². The standard InChI is InChI=1S/C31H42N4O4S/c1-3-10-23-21-35-15-16-40(38,39)34(2)28-19-24(18-26(23)30(28)35)31(37)33-27(17-22-11-6-4-7-12-22)29(36)20-32-25-13-8-5-9-14-25/h4,6-7,11-12,18-19,21,25,27,29,32,36H,3,5,8-10,13-17,20H2,1-2H3,(H,33,37)/t27-,29+/m0/s1. The lowest BCUT2D eigenvalue weighted by Crippen LogP contribution is -2.50. The summed E-state index contributed by atoms with van der Waals surface area (Å²) in [5.74, 6) is -0.310. The number of anilines is 1. The first-order valence-corrected chi connectivity index (χ1v) is 16.3. The SMILES string of the molecule is CCCc1cn2c3c(cc(C(=O)N[C@@H](Cc4ccccc4)[C@H](O)CNC4CCCCC4)cc13)N(C)S(=O)(=O)CC2. The van der Waals surface area contributed by atoms with Crippen molar-refractivity contribution in [2.24, 2.45) is 0 Å². The molecule has 1 aliphatic carbocycles. The Morgan fingerprint density at radius 1 is 1.12 bits per heavy atom. The summed E-state index contributed by atoms with van der Waals surface area (Å²) >= 11 is 0. The van der Waals surface area contributed by atoms with Gasteiger partial charge in [-0.15, -0.1) is 0 Å². The van der Waals surface area contributed by atoms with E-state index in [-0.39, 0.29) is 11.7 Å². The summed E-state index contributed by atoms with van der Waals surface area (Å²) in [6, 6.07) is 13.3. The van der Waals surface area contributed by atoms with E-state index in [9.17, 15) is 18.3 Å². The number of nitrogens with zero attached hydrogens (tertiary/aromatic N) is 2. The molecule has 3 aromatic rings. The molecule has 1 aliphatic heterocycles. The number of hydrogen-bond acceptors (Lipinski definition) is 5. The van der Waals surface area contributed by atoms with Crippen LogP contribution in [0, 0.1) is 0 Å². The first-order chi connectivity index (χ1) is 19.3. The van der Waals surface area contributed by atoms with Crippen LogP contribution < -0.4 is 14.9 Å². The molecule has 8 nitrogen and oxygen atoms in total. The average molecular weight is 567 g/mol. The summed E-state index contributed by atoms with van der Waals surface area (Å²) in [6.07, 6.45) is 9.42. The number of aromatic nitrogens is 1. The number of hydrogen-bond donors (Lipinski definition) is 3. The van der Waals surface area contributed by atoms with Gasteiger partial charge in [-0.3, -0.25) is 9.10 Å². The van der Waals surface area contributed by atoms with Gasteiger partial charge in [0.05, 0.1) is 29.1 Å². The third-order valence-electron chi connectivity index (χ3n) is 8.46. The number of rotatable bonds is 10. The Kier molecular flexibility index (Phi) is 8.83. The molecule has 2 aliphatic rings. The van der Waals surface area contributed by atoms with Crippen LogP contribution in [0.15, 0.2) is 48.7 Å². The van der Waals surface area contributed by atoms with E-state index in [0.717, 1.165) is 47.7 Å². The molecule has 1 saturated carbocycles. The third kappa shape index (κ3) is 6.21. The molecule has 0 spiro atoms. The van der Waals surface area contributed by atoms with Gasteiger partial charge in [-0.1, -0.05) is 62.9 Å². The minimum atomic E-state index is -3.51. The van der Waals surface area contributed by atoms with Crippen LogP contribution in [-0.2, 0) is 29.4 Å². The van der Waals surface area contributed by atoms with Crippen molar-refractivity contribution in [3.8, 4) is 0 Å². The molecule has 1 fully saturated rings. The highest BCUT2D eigenvalue weighted by Gasteiger charge is 2.29. The minimum absolute atomic E-state index is 0.00832. The van der Waals surface area contributed by atoms with Gasteiger partial charge in [0.2, 0.25) is 10.0 Å². The fraction of sp³-hybridized carbons (Fsp3) is 0.516. The van der Waals surface area contributed by atoms with E-state index in [1.54, 1.807) is 13.1 Å². The summed E-state index contributed by atoms with van der Waals surface area (Å²) in [4.78, 5) is 13.8. The van der Waals surface area contributed by atoms with Gasteiger partial charge in [-0.2, -0.15) is 0 Å². The maximum atomic E-state index is 13.8. The molecule has 0 bridgehead atoms. The summed E-state index contributed by atoms with van der Waals surface area (Å²) in [7, 11) is -1.95. The molecule has 1 aromatic heterocycles. The molecular weight excluding hydrogens is 524 g/mol. The van der Waals surface area contributed by atoms with Crippen molar-refractivity contribution in [1.29, 1.82) is 0 Å². The maximum Gasteiger partial charge on any atom is 0.251 e. The Balaban J connectivity index is 1.44. The molecule has 0 saturated heterocycles. The fourth-order valence-electron chi connectivity index (χ4n) is 6.14. The quantitative estimate of drug-likeness (QED) is 0.344. The van der Waals surface area contributed by atoms with Crippen molar-refractivity contribution < 1.29 is 18.3 Å². The van der Waals surface area contributed by atoms with E-state index >= 15 is 0 Å². The van der Waals surface area contributed by atoms with Crippen LogP contribution in [-0.4, -0.2) is 61.5 Å². The van der Waals surface area contributed by atoms with E-state index in [1.807, 2.05) is 47.2 Å². The zero-order valence-corrected chi connectivity index (χ0v) is 24.4. The van der Waals surface area contributed by atoms with E-state index < -0.39 is 22.2 Å². The molecule has 5 rings (SSSR count). The van der Waals surface area contributed by atoms with Crippen LogP contribution in [0.25, 0.3) is 10.9 Å². The highest BCUT2D eigenvalue weighted by atomic mass is 32.2. The number of sulfonamides is 1. The predicted octanol–water partition coefficient (Wildman–Crippen LogP) is 4.00. The highest BCUT2D eigenvalue weighted by Crippen LogP contribution is 2.36. The van der Waals surface area contributed by atoms with E-state index in [2.05, 4.69) is 17.6 Å². The zero-order valence-electron chi connectivity index (χ0n) is 23.6. The molecule has 0 unspecified atom stereocenters. The van der Waals surface area contributed by atoms with Crippen molar-refractivity contribution in [2.75, 3.05) is 23.7 Å². The number of nitrogens with one attached hydrogen (secondary N) is 2. The number of aliphatic hydroxyl groups is 1. The summed E-state index contributed by atoms with van der Waals surface area (Å²) in [6.45, 7) is 2.89.